The van der Waals surface area contributed by atoms with E-state index in [1.165, 1.54) is 12.1 Å². The van der Waals surface area contributed by atoms with Gasteiger partial charge in [-0.1, -0.05) is 25.5 Å². The second-order valence-electron chi connectivity index (χ2n) is 5.20. The molecule has 0 bridgehead atoms. The molecule has 110 valence electrons. The summed E-state index contributed by atoms with van der Waals surface area (Å²) >= 11 is 0. The number of hydrogen-bond acceptors (Lipinski definition) is 4. The number of aryl methyl sites for hydroxylation is 1. The first kappa shape index (κ1) is 16.0. The molecule has 1 aromatic rings. The molecule has 1 rings (SSSR count). The first-order valence-corrected chi connectivity index (χ1v) is 6.57. The molecule has 0 aromatic heterocycles. The molecule has 5 nitrogen and oxygen atoms in total. The normalized spacial score (nSPS) is 12.1. The maximum absolute atomic E-state index is 11.8. The van der Waals surface area contributed by atoms with Crippen molar-refractivity contribution < 1.29 is 19.4 Å². The van der Waals surface area contributed by atoms with Crippen molar-refractivity contribution in [1.29, 1.82) is 0 Å². The van der Waals surface area contributed by atoms with Crippen molar-refractivity contribution in [1.82, 2.24) is 5.32 Å². The van der Waals surface area contributed by atoms with Crippen LogP contribution >= 0.6 is 0 Å². The molecule has 0 aliphatic rings. The van der Waals surface area contributed by atoms with Crippen LogP contribution in [0, 0.1) is 12.8 Å². The van der Waals surface area contributed by atoms with Gasteiger partial charge in [-0.2, -0.15) is 0 Å². The lowest BCUT2D eigenvalue weighted by molar-refractivity contribution is -0.125. The van der Waals surface area contributed by atoms with E-state index in [4.69, 9.17) is 4.74 Å². The topological polar surface area (TPSA) is 75.6 Å². The molecule has 20 heavy (non-hydrogen) atoms. The second kappa shape index (κ2) is 6.93. The lowest BCUT2D eigenvalue weighted by Gasteiger charge is -2.17. The Bertz CT molecular complexity index is 497. The van der Waals surface area contributed by atoms with E-state index in [1.807, 2.05) is 20.8 Å². The third-order valence-corrected chi connectivity index (χ3v) is 3.09. The Balaban J connectivity index is 2.55. The molecule has 0 heterocycles. The summed E-state index contributed by atoms with van der Waals surface area (Å²) in [6.07, 6.45) is 0. The van der Waals surface area contributed by atoms with Crippen LogP contribution in [-0.2, 0) is 9.53 Å². The maximum Gasteiger partial charge on any atom is 0.342 e. The SMILES string of the molecule is Cc1ccc(O)c(C(=O)OCC(=O)N[C@@H](C)C(C)C)c1. The molecule has 0 saturated carbocycles. The number of esters is 1. The molecule has 5 heteroatoms. The van der Waals surface area contributed by atoms with Crippen LogP contribution < -0.4 is 5.32 Å². The average Bonchev–Trinajstić information content (AvgIpc) is 2.38. The summed E-state index contributed by atoms with van der Waals surface area (Å²) in [5.74, 6) is -0.919. The molecular weight excluding hydrogens is 258 g/mol. The van der Waals surface area contributed by atoms with E-state index in [0.717, 1.165) is 5.56 Å². The number of nitrogens with one attached hydrogen (secondary N) is 1. The van der Waals surface area contributed by atoms with Crippen LogP contribution in [0.3, 0.4) is 0 Å². The predicted octanol–water partition coefficient (Wildman–Crippen LogP) is 2.02. The van der Waals surface area contributed by atoms with Crippen molar-refractivity contribution in [3.63, 3.8) is 0 Å². The van der Waals surface area contributed by atoms with E-state index in [9.17, 15) is 14.7 Å². The summed E-state index contributed by atoms with van der Waals surface area (Å²) < 4.78 is 4.90. The minimum Gasteiger partial charge on any atom is -0.507 e. The van der Waals surface area contributed by atoms with Crippen LogP contribution in [0.2, 0.25) is 0 Å². The molecule has 1 amide bonds. The first-order chi connectivity index (χ1) is 9.31. The summed E-state index contributed by atoms with van der Waals surface area (Å²) in [6, 6.07) is 4.64. The van der Waals surface area contributed by atoms with Crippen molar-refractivity contribution in [2.24, 2.45) is 5.92 Å². The highest BCUT2D eigenvalue weighted by atomic mass is 16.5. The van der Waals surface area contributed by atoms with Gasteiger partial charge in [0.1, 0.15) is 11.3 Å². The van der Waals surface area contributed by atoms with Crippen LogP contribution in [0.1, 0.15) is 36.7 Å². The van der Waals surface area contributed by atoms with E-state index in [2.05, 4.69) is 5.32 Å². The number of phenolic OH excluding ortho intramolecular Hbond substituents is 1. The van der Waals surface area contributed by atoms with Gasteiger partial charge in [0.15, 0.2) is 6.61 Å². The lowest BCUT2D eigenvalue weighted by Crippen LogP contribution is -2.38. The van der Waals surface area contributed by atoms with Crippen LogP contribution in [0.25, 0.3) is 0 Å². The fourth-order valence-corrected chi connectivity index (χ4v) is 1.48. The van der Waals surface area contributed by atoms with Gasteiger partial charge in [-0.3, -0.25) is 4.79 Å². The number of carbonyl (C=O) groups is 2. The van der Waals surface area contributed by atoms with Crippen molar-refractivity contribution in [3.05, 3.63) is 29.3 Å². The summed E-state index contributed by atoms with van der Waals surface area (Å²) in [6.45, 7) is 7.30. The number of hydrogen-bond donors (Lipinski definition) is 2. The Labute approximate surface area is 118 Å². The van der Waals surface area contributed by atoms with E-state index < -0.39 is 5.97 Å². The standard InChI is InChI=1S/C15H21NO4/c1-9(2)11(4)16-14(18)8-20-15(19)12-7-10(3)5-6-13(12)17/h5-7,9,11,17H,8H2,1-4H3,(H,16,18)/t11-/m0/s1. The van der Waals surface area contributed by atoms with Crippen LogP contribution in [-0.4, -0.2) is 29.6 Å². The molecule has 0 unspecified atom stereocenters. The van der Waals surface area contributed by atoms with Gasteiger partial charge in [-0.15, -0.1) is 0 Å². The van der Waals surface area contributed by atoms with Gasteiger partial charge in [-0.05, 0) is 31.9 Å². The van der Waals surface area contributed by atoms with Crippen LogP contribution in [0.4, 0.5) is 0 Å². The molecular formula is C15H21NO4. The Kier molecular flexibility index (Phi) is 5.55. The molecule has 0 fully saturated rings. The van der Waals surface area contributed by atoms with Gasteiger partial charge < -0.3 is 15.2 Å². The van der Waals surface area contributed by atoms with Gasteiger partial charge in [0.25, 0.3) is 5.91 Å². The quantitative estimate of drug-likeness (QED) is 0.808. The maximum atomic E-state index is 11.8. The molecule has 1 aromatic carbocycles. The molecule has 0 spiro atoms. The Morgan fingerprint density at radius 1 is 1.30 bits per heavy atom. The van der Waals surface area contributed by atoms with Gasteiger partial charge in [0.2, 0.25) is 0 Å². The highest BCUT2D eigenvalue weighted by Crippen LogP contribution is 2.18. The first-order valence-electron chi connectivity index (χ1n) is 6.57. The fraction of sp³-hybridized carbons (Fsp3) is 0.467. The number of rotatable bonds is 5. The highest BCUT2D eigenvalue weighted by Gasteiger charge is 2.16. The van der Waals surface area contributed by atoms with Crippen LogP contribution in [0.5, 0.6) is 5.75 Å². The molecule has 0 aliphatic carbocycles. The molecule has 1 atom stereocenters. The number of aromatic hydroxyl groups is 1. The van der Waals surface area contributed by atoms with E-state index in [0.29, 0.717) is 5.92 Å². The zero-order valence-corrected chi connectivity index (χ0v) is 12.3. The minimum absolute atomic E-state index is 0.00794. The van der Waals surface area contributed by atoms with Crippen molar-refractivity contribution >= 4 is 11.9 Å². The number of amides is 1. The number of phenols is 1. The Morgan fingerprint density at radius 3 is 2.55 bits per heavy atom. The number of benzene rings is 1. The fourth-order valence-electron chi connectivity index (χ4n) is 1.48. The number of ether oxygens (including phenoxy) is 1. The smallest absolute Gasteiger partial charge is 0.342 e. The van der Waals surface area contributed by atoms with Gasteiger partial charge in [0.05, 0.1) is 0 Å². The van der Waals surface area contributed by atoms with Gasteiger partial charge >= 0.3 is 5.97 Å². The summed E-state index contributed by atoms with van der Waals surface area (Å²) in [5.41, 5.74) is 0.891. The summed E-state index contributed by atoms with van der Waals surface area (Å²) in [7, 11) is 0. The van der Waals surface area contributed by atoms with Gasteiger partial charge in [0, 0.05) is 6.04 Å². The molecule has 0 radical (unpaired) electrons. The highest BCUT2D eigenvalue weighted by molar-refractivity contribution is 5.94. The lowest BCUT2D eigenvalue weighted by atomic mass is 10.1. The Morgan fingerprint density at radius 2 is 1.95 bits per heavy atom. The second-order valence-corrected chi connectivity index (χ2v) is 5.20. The molecule has 0 saturated heterocycles. The monoisotopic (exact) mass is 279 g/mol. The largest absolute Gasteiger partial charge is 0.507 e. The summed E-state index contributed by atoms with van der Waals surface area (Å²) in [4.78, 5) is 23.4. The van der Waals surface area contributed by atoms with Crippen molar-refractivity contribution in [2.45, 2.75) is 33.7 Å². The predicted molar refractivity (Wildman–Crippen MR) is 75.6 cm³/mol. The van der Waals surface area contributed by atoms with Crippen molar-refractivity contribution in [2.75, 3.05) is 6.61 Å². The summed E-state index contributed by atoms with van der Waals surface area (Å²) in [5, 5.41) is 12.3. The van der Waals surface area contributed by atoms with Gasteiger partial charge in [-0.25, -0.2) is 4.79 Å². The van der Waals surface area contributed by atoms with Crippen LogP contribution in [0.15, 0.2) is 18.2 Å². The third kappa shape index (κ3) is 4.57. The van der Waals surface area contributed by atoms with Crippen molar-refractivity contribution in [3.8, 4) is 5.75 Å². The average molecular weight is 279 g/mol. The van der Waals surface area contributed by atoms with E-state index in [1.54, 1.807) is 13.0 Å². The molecule has 0 aliphatic heterocycles. The van der Waals surface area contributed by atoms with E-state index in [-0.39, 0.29) is 29.9 Å². The zero-order valence-electron chi connectivity index (χ0n) is 12.3. The van der Waals surface area contributed by atoms with E-state index >= 15 is 0 Å². The molecule has 2 N–H and O–H groups in total. The minimum atomic E-state index is -0.710. The zero-order chi connectivity index (χ0) is 15.3. The third-order valence-electron chi connectivity index (χ3n) is 3.09. The number of carbonyl (C=O) groups excluding carboxylic acids is 2. The Hall–Kier alpha value is -2.04.